The van der Waals surface area contributed by atoms with Crippen LogP contribution >= 0.6 is 0 Å². The van der Waals surface area contributed by atoms with Gasteiger partial charge >= 0.3 is 14.3 Å². The molecule has 0 spiro atoms. The third-order valence-corrected chi connectivity index (χ3v) is 4.01. The Kier molecular flexibility index (Phi) is 4.35. The zero-order valence-corrected chi connectivity index (χ0v) is 14.2. The number of nitrogens with one attached hydrogen (secondary N) is 3. The molecule has 1 fully saturated rings. The zero-order chi connectivity index (χ0) is 17.2. The molecule has 0 unspecified atom stereocenters. The van der Waals surface area contributed by atoms with Crippen molar-refractivity contribution in [3.8, 4) is 11.4 Å². The van der Waals surface area contributed by atoms with Crippen LogP contribution in [0.3, 0.4) is 0 Å². The van der Waals surface area contributed by atoms with E-state index in [1.54, 1.807) is 7.55 Å². The molecule has 1 aliphatic heterocycles. The van der Waals surface area contributed by atoms with Gasteiger partial charge in [0.25, 0.3) is 7.55 Å². The summed E-state index contributed by atoms with van der Waals surface area (Å²) in [5.41, 5.74) is 1.05. The minimum Gasteiger partial charge on any atom is -0.534 e. The molecule has 1 aliphatic rings. The molecule has 0 saturated carbocycles. The molecule has 25 heavy (non-hydrogen) atoms. The van der Waals surface area contributed by atoms with Crippen LogP contribution in [0.5, 0.6) is 5.75 Å². The highest BCUT2D eigenvalue weighted by Crippen LogP contribution is 2.16. The normalized spacial score (nSPS) is 14.5. The Balaban J connectivity index is 1.46. The van der Waals surface area contributed by atoms with Crippen molar-refractivity contribution in [1.82, 2.24) is 24.6 Å². The van der Waals surface area contributed by atoms with Gasteiger partial charge in [0.2, 0.25) is 12.7 Å². The molecule has 0 aliphatic carbocycles. The first kappa shape index (κ1) is 16.0. The highest BCUT2D eigenvalue weighted by Gasteiger charge is 2.37. The van der Waals surface area contributed by atoms with Gasteiger partial charge in [-0.25, -0.2) is 13.7 Å². The second-order valence-corrected chi connectivity index (χ2v) is 6.05. The van der Waals surface area contributed by atoms with Crippen LogP contribution in [0.25, 0.3) is 5.69 Å². The number of hydrogen-bond acceptors (Lipinski definition) is 4. The average molecular weight is 334 g/mol. The number of imidazole rings is 2. The summed E-state index contributed by atoms with van der Waals surface area (Å²) in [5, 5.41) is 9.71. The van der Waals surface area contributed by atoms with Crippen LogP contribution in [0.4, 0.5) is 0 Å². The van der Waals surface area contributed by atoms with Crippen LogP contribution in [-0.2, 0) is 14.1 Å². The number of rotatable bonds is 4. The van der Waals surface area contributed by atoms with E-state index in [2.05, 4.69) is 15.4 Å². The van der Waals surface area contributed by atoms with Crippen LogP contribution in [0.1, 0.15) is 0 Å². The third-order valence-electron chi connectivity index (χ3n) is 4.01. The predicted molar refractivity (Wildman–Crippen MR) is 95.2 cm³/mol. The molecule has 4 rings (SSSR count). The molecule has 3 aromatic rings. The zero-order valence-electron chi connectivity index (χ0n) is 14.2. The maximum Gasteiger partial charge on any atom is 0.541 e. The van der Waals surface area contributed by atoms with E-state index in [0.29, 0.717) is 0 Å². The monoisotopic (exact) mass is 334 g/mol. The third kappa shape index (κ3) is 3.63. The Morgan fingerprint density at radius 2 is 2.08 bits per heavy atom. The maximum absolute atomic E-state index is 6.05. The lowest BCUT2D eigenvalue weighted by Gasteiger charge is -2.24. The lowest BCUT2D eigenvalue weighted by Crippen LogP contribution is -2.80. The molecule has 0 bridgehead atoms. The number of nitrogens with zero attached hydrogens (tertiary/aromatic N) is 4. The Bertz CT molecular complexity index is 867. The first-order chi connectivity index (χ1) is 12.2. The molecular weight excluding hydrogens is 315 g/mol. The van der Waals surface area contributed by atoms with Gasteiger partial charge in [0.15, 0.2) is 0 Å². The molecule has 11 heteroatoms. The van der Waals surface area contributed by atoms with Gasteiger partial charge in [-0.15, -0.1) is 0 Å². The molecule has 3 heterocycles. The molecular formula is C14H19B3N7O+2. The van der Waals surface area contributed by atoms with Gasteiger partial charge in [0.05, 0.1) is 14.1 Å². The van der Waals surface area contributed by atoms with Crippen LogP contribution in [0.2, 0.25) is 0 Å². The van der Waals surface area contributed by atoms with E-state index in [9.17, 15) is 0 Å². The van der Waals surface area contributed by atoms with Gasteiger partial charge in [-0.3, -0.25) is 9.62 Å². The second kappa shape index (κ2) is 6.79. The molecule has 1 saturated heterocycles. The Labute approximate surface area is 148 Å². The molecule has 0 amide bonds. The number of hydrogen-bond donors (Lipinski definition) is 3. The molecule has 1 radical (unpaired) electrons. The van der Waals surface area contributed by atoms with Crippen LogP contribution in [0.15, 0.2) is 61.7 Å². The van der Waals surface area contributed by atoms with E-state index in [4.69, 9.17) is 4.65 Å². The summed E-state index contributed by atoms with van der Waals surface area (Å²) < 4.78 is 14.1. The number of aryl methyl sites for hydroxylation is 2. The minimum absolute atomic E-state index is 0.0841. The highest BCUT2D eigenvalue weighted by molar-refractivity contribution is 6.76. The lowest BCUT2D eigenvalue weighted by molar-refractivity contribution is -0.670. The van der Waals surface area contributed by atoms with Gasteiger partial charge in [-0.1, -0.05) is 6.07 Å². The van der Waals surface area contributed by atoms with Crippen molar-refractivity contribution >= 4 is 21.9 Å². The topological polar surface area (TPSA) is 62.9 Å². The first-order valence-corrected chi connectivity index (χ1v) is 8.10. The van der Waals surface area contributed by atoms with E-state index >= 15 is 0 Å². The summed E-state index contributed by atoms with van der Waals surface area (Å²) in [6.45, 7) is 0. The molecule has 1 aromatic carbocycles. The quantitative estimate of drug-likeness (QED) is 0.387. The van der Waals surface area contributed by atoms with Crippen LogP contribution < -0.4 is 29.1 Å². The van der Waals surface area contributed by atoms with Crippen molar-refractivity contribution < 1.29 is 13.7 Å². The second-order valence-electron chi connectivity index (χ2n) is 6.05. The van der Waals surface area contributed by atoms with Crippen molar-refractivity contribution in [2.45, 2.75) is 0 Å². The molecule has 2 aromatic heterocycles. The van der Waals surface area contributed by atoms with E-state index in [0.717, 1.165) is 11.4 Å². The Hall–Kier alpha value is -2.49. The summed E-state index contributed by atoms with van der Waals surface area (Å²) >= 11 is 0. The van der Waals surface area contributed by atoms with E-state index in [-0.39, 0.29) is 14.3 Å². The van der Waals surface area contributed by atoms with Crippen molar-refractivity contribution in [1.29, 1.82) is 0 Å². The summed E-state index contributed by atoms with van der Waals surface area (Å²) in [7, 11) is 5.36. The summed E-state index contributed by atoms with van der Waals surface area (Å²) in [6, 6.07) is 7.99. The van der Waals surface area contributed by atoms with Gasteiger partial charge in [0, 0.05) is 6.07 Å². The number of aromatic nitrogens is 4. The summed E-state index contributed by atoms with van der Waals surface area (Å²) in [4.78, 5) is 0. The smallest absolute Gasteiger partial charge is 0.534 e. The SMILES string of the molecule is Cn1cc[n+](B2N[B]NB(Oc3cccc(-n4cc[n+](C)c4)c3)N2)c1. The fourth-order valence-corrected chi connectivity index (χ4v) is 2.76. The van der Waals surface area contributed by atoms with Gasteiger partial charge < -0.3 is 14.9 Å². The van der Waals surface area contributed by atoms with Crippen molar-refractivity contribution in [2.24, 2.45) is 14.1 Å². The van der Waals surface area contributed by atoms with Crippen molar-refractivity contribution in [3.63, 3.8) is 0 Å². The largest absolute Gasteiger partial charge is 0.541 e. The lowest BCUT2D eigenvalue weighted by atomic mass is 9.71. The predicted octanol–water partition coefficient (Wildman–Crippen LogP) is -1.86. The van der Waals surface area contributed by atoms with Gasteiger partial charge in [-0.05, 0) is 12.1 Å². The standard InChI is InChI=1S/C14H19B3N7O/c1-21-6-8-23(11-21)13-4-3-5-14(10-13)25-17-19-15-18-16(20-17)24-9-7-22(2)12-24/h3-12,18-20H,1-2H3/q+2. The molecule has 0 atom stereocenters. The Morgan fingerprint density at radius 1 is 1.16 bits per heavy atom. The van der Waals surface area contributed by atoms with E-state index in [1.165, 1.54) is 0 Å². The van der Waals surface area contributed by atoms with Crippen LogP contribution in [-0.4, -0.2) is 31.0 Å². The molecule has 8 nitrogen and oxygen atoms in total. The first-order valence-electron chi connectivity index (χ1n) is 8.10. The van der Waals surface area contributed by atoms with Crippen LogP contribution in [0, 0.1) is 0 Å². The van der Waals surface area contributed by atoms with Gasteiger partial charge in [0.1, 0.15) is 36.2 Å². The summed E-state index contributed by atoms with van der Waals surface area (Å²) in [6.07, 6.45) is 12.0. The highest BCUT2D eigenvalue weighted by atomic mass is 16.5. The maximum atomic E-state index is 6.05. The molecule has 123 valence electrons. The Morgan fingerprint density at radius 3 is 2.84 bits per heavy atom. The van der Waals surface area contributed by atoms with E-state index in [1.807, 2.05) is 94.0 Å². The molecule has 3 N–H and O–H groups in total. The average Bonchev–Trinajstić information content (AvgIpc) is 3.24. The van der Waals surface area contributed by atoms with Gasteiger partial charge in [-0.2, -0.15) is 0 Å². The fourth-order valence-electron chi connectivity index (χ4n) is 2.76. The van der Waals surface area contributed by atoms with Crippen molar-refractivity contribution in [2.75, 3.05) is 0 Å². The fraction of sp³-hybridized carbons (Fsp3) is 0.143. The summed E-state index contributed by atoms with van der Waals surface area (Å²) in [5.74, 6) is 0.783. The minimum atomic E-state index is -0.338. The van der Waals surface area contributed by atoms with Crippen molar-refractivity contribution in [3.05, 3.63) is 61.7 Å². The number of benzene rings is 1. The van der Waals surface area contributed by atoms with E-state index < -0.39 is 0 Å².